The highest BCUT2D eigenvalue weighted by Gasteiger charge is 2.26. The summed E-state index contributed by atoms with van der Waals surface area (Å²) in [5, 5.41) is 3.43. The summed E-state index contributed by atoms with van der Waals surface area (Å²) in [6.45, 7) is 7.28. The topological polar surface area (TPSA) is 15.3 Å². The number of nitrogens with zero attached hydrogens (tertiary/aromatic N) is 1. The van der Waals surface area contributed by atoms with Crippen molar-refractivity contribution in [1.29, 1.82) is 0 Å². The number of hydrogen-bond donors (Lipinski definition) is 1. The van der Waals surface area contributed by atoms with Crippen molar-refractivity contribution in [3.8, 4) is 0 Å². The Bertz CT molecular complexity index is 175. The summed E-state index contributed by atoms with van der Waals surface area (Å²) >= 11 is 1.96. The van der Waals surface area contributed by atoms with Crippen LogP contribution in [0.25, 0.3) is 0 Å². The van der Waals surface area contributed by atoms with Crippen LogP contribution in [0.2, 0.25) is 0 Å². The molecular formula is C12H26N2S. The number of piperidine rings is 1. The van der Waals surface area contributed by atoms with Crippen LogP contribution < -0.4 is 5.32 Å². The minimum absolute atomic E-state index is 0.731. The molecule has 3 atom stereocenters. The number of hydrogen-bond acceptors (Lipinski definition) is 3. The Balaban J connectivity index is 2.33. The highest BCUT2D eigenvalue weighted by molar-refractivity contribution is 7.98. The van der Waals surface area contributed by atoms with Gasteiger partial charge in [0.2, 0.25) is 0 Å². The van der Waals surface area contributed by atoms with Crippen molar-refractivity contribution < 1.29 is 0 Å². The molecule has 1 N–H and O–H groups in total. The minimum atomic E-state index is 0.731. The van der Waals surface area contributed by atoms with E-state index in [2.05, 4.69) is 37.4 Å². The van der Waals surface area contributed by atoms with E-state index < -0.39 is 0 Å². The molecule has 90 valence electrons. The lowest BCUT2D eigenvalue weighted by atomic mass is 9.93. The zero-order chi connectivity index (χ0) is 11.3. The fraction of sp³-hybridized carbons (Fsp3) is 1.00. The molecule has 3 heteroatoms. The molecule has 1 fully saturated rings. The van der Waals surface area contributed by atoms with Gasteiger partial charge in [-0.25, -0.2) is 0 Å². The number of likely N-dealkylation sites (tertiary alicyclic amines) is 1. The van der Waals surface area contributed by atoms with Crippen molar-refractivity contribution in [3.63, 3.8) is 0 Å². The van der Waals surface area contributed by atoms with E-state index in [1.165, 1.54) is 31.7 Å². The zero-order valence-electron chi connectivity index (χ0n) is 10.6. The summed E-state index contributed by atoms with van der Waals surface area (Å²) in [4.78, 5) is 2.66. The van der Waals surface area contributed by atoms with E-state index in [-0.39, 0.29) is 0 Å². The van der Waals surface area contributed by atoms with E-state index in [1.54, 1.807) is 0 Å². The third-order valence-electron chi connectivity index (χ3n) is 3.67. The quantitative estimate of drug-likeness (QED) is 0.778. The summed E-state index contributed by atoms with van der Waals surface area (Å²) in [6.07, 6.45) is 4.84. The standard InChI is InChI=1S/C12H26N2S/c1-10-9-14(7-5-12(10)13-3)11(2)6-8-15-4/h10-13H,5-9H2,1-4H3. The van der Waals surface area contributed by atoms with Crippen LogP contribution in [0.5, 0.6) is 0 Å². The fourth-order valence-electron chi connectivity index (χ4n) is 2.48. The lowest BCUT2D eigenvalue weighted by Gasteiger charge is -2.40. The van der Waals surface area contributed by atoms with Crippen molar-refractivity contribution in [3.05, 3.63) is 0 Å². The minimum Gasteiger partial charge on any atom is -0.317 e. The highest BCUT2D eigenvalue weighted by atomic mass is 32.2. The molecule has 1 aliphatic rings. The predicted molar refractivity (Wildman–Crippen MR) is 70.7 cm³/mol. The zero-order valence-corrected chi connectivity index (χ0v) is 11.4. The maximum Gasteiger partial charge on any atom is 0.0114 e. The van der Waals surface area contributed by atoms with Gasteiger partial charge in [0, 0.05) is 18.6 Å². The molecule has 0 spiro atoms. The van der Waals surface area contributed by atoms with Crippen molar-refractivity contribution >= 4 is 11.8 Å². The molecule has 1 aliphatic heterocycles. The molecule has 3 unspecified atom stereocenters. The molecule has 0 bridgehead atoms. The Hall–Kier alpha value is 0.270. The van der Waals surface area contributed by atoms with E-state index in [1.807, 2.05) is 11.8 Å². The molecule has 0 aromatic rings. The van der Waals surface area contributed by atoms with E-state index >= 15 is 0 Å². The van der Waals surface area contributed by atoms with Crippen LogP contribution in [0.3, 0.4) is 0 Å². The largest absolute Gasteiger partial charge is 0.317 e. The van der Waals surface area contributed by atoms with Crippen LogP contribution in [0.15, 0.2) is 0 Å². The number of nitrogens with one attached hydrogen (secondary N) is 1. The third-order valence-corrected chi connectivity index (χ3v) is 4.31. The second kappa shape index (κ2) is 6.77. The van der Waals surface area contributed by atoms with Crippen molar-refractivity contribution in [1.82, 2.24) is 10.2 Å². The first kappa shape index (κ1) is 13.3. The van der Waals surface area contributed by atoms with Gasteiger partial charge in [-0.3, -0.25) is 0 Å². The summed E-state index contributed by atoms with van der Waals surface area (Å²) in [5.74, 6) is 2.09. The first-order valence-electron chi connectivity index (χ1n) is 6.09. The molecule has 15 heavy (non-hydrogen) atoms. The fourth-order valence-corrected chi connectivity index (χ4v) is 3.05. The lowest BCUT2D eigenvalue weighted by Crippen LogP contribution is -2.50. The van der Waals surface area contributed by atoms with Crippen molar-refractivity contribution in [2.75, 3.05) is 32.1 Å². The first-order chi connectivity index (χ1) is 7.19. The van der Waals surface area contributed by atoms with E-state index in [0.29, 0.717) is 0 Å². The molecule has 1 heterocycles. The van der Waals surface area contributed by atoms with Gasteiger partial charge in [-0.15, -0.1) is 0 Å². The molecule has 0 amide bonds. The lowest BCUT2D eigenvalue weighted by molar-refractivity contribution is 0.112. The highest BCUT2D eigenvalue weighted by Crippen LogP contribution is 2.20. The van der Waals surface area contributed by atoms with E-state index in [4.69, 9.17) is 0 Å². The van der Waals surface area contributed by atoms with Crippen LogP contribution in [0.4, 0.5) is 0 Å². The van der Waals surface area contributed by atoms with Crippen LogP contribution in [-0.2, 0) is 0 Å². The van der Waals surface area contributed by atoms with Crippen LogP contribution in [0, 0.1) is 5.92 Å². The van der Waals surface area contributed by atoms with Gasteiger partial charge in [0.15, 0.2) is 0 Å². The van der Waals surface area contributed by atoms with Gasteiger partial charge >= 0.3 is 0 Å². The summed E-state index contributed by atoms with van der Waals surface area (Å²) in [7, 11) is 2.09. The predicted octanol–water partition coefficient (Wildman–Crippen LogP) is 2.06. The van der Waals surface area contributed by atoms with Crippen LogP contribution in [-0.4, -0.2) is 49.1 Å². The Morgan fingerprint density at radius 1 is 1.53 bits per heavy atom. The van der Waals surface area contributed by atoms with Crippen LogP contribution in [0.1, 0.15) is 26.7 Å². The first-order valence-corrected chi connectivity index (χ1v) is 7.48. The normalized spacial score (nSPS) is 30.4. The Morgan fingerprint density at radius 2 is 2.27 bits per heavy atom. The summed E-state index contributed by atoms with van der Waals surface area (Å²) in [5.41, 5.74) is 0. The molecule has 0 aromatic carbocycles. The smallest absolute Gasteiger partial charge is 0.0114 e. The average molecular weight is 230 g/mol. The third kappa shape index (κ3) is 3.97. The Labute approximate surface area is 99.2 Å². The Morgan fingerprint density at radius 3 is 2.80 bits per heavy atom. The molecular weight excluding hydrogens is 204 g/mol. The summed E-state index contributed by atoms with van der Waals surface area (Å²) < 4.78 is 0. The van der Waals surface area contributed by atoms with Crippen LogP contribution >= 0.6 is 11.8 Å². The van der Waals surface area contributed by atoms with Gasteiger partial charge in [-0.2, -0.15) is 11.8 Å². The molecule has 0 radical (unpaired) electrons. The van der Waals surface area contributed by atoms with Gasteiger partial charge in [0.05, 0.1) is 0 Å². The summed E-state index contributed by atoms with van der Waals surface area (Å²) in [6, 6.07) is 1.49. The van der Waals surface area contributed by atoms with Crippen molar-refractivity contribution in [2.45, 2.75) is 38.8 Å². The molecule has 0 aromatic heterocycles. The second-order valence-electron chi connectivity index (χ2n) is 4.79. The molecule has 1 rings (SSSR count). The maximum absolute atomic E-state index is 3.43. The van der Waals surface area contributed by atoms with Crippen molar-refractivity contribution in [2.24, 2.45) is 5.92 Å². The molecule has 0 aliphatic carbocycles. The van der Waals surface area contributed by atoms with E-state index in [9.17, 15) is 0 Å². The maximum atomic E-state index is 3.43. The van der Waals surface area contributed by atoms with Gasteiger partial charge in [-0.1, -0.05) is 6.92 Å². The molecule has 0 saturated carbocycles. The number of thioether (sulfide) groups is 1. The molecule has 1 saturated heterocycles. The van der Waals surface area contributed by atoms with Gasteiger partial charge in [0.1, 0.15) is 0 Å². The molecule has 2 nitrogen and oxygen atoms in total. The van der Waals surface area contributed by atoms with E-state index in [0.717, 1.165) is 18.0 Å². The number of rotatable bonds is 5. The van der Waals surface area contributed by atoms with Gasteiger partial charge < -0.3 is 10.2 Å². The SMILES string of the molecule is CNC1CCN(C(C)CCSC)CC1C. The second-order valence-corrected chi connectivity index (χ2v) is 5.77. The average Bonchev–Trinajstić information content (AvgIpc) is 2.25. The van der Waals surface area contributed by atoms with Gasteiger partial charge in [-0.05, 0) is 51.3 Å². The Kier molecular flexibility index (Phi) is 6.02. The van der Waals surface area contributed by atoms with Gasteiger partial charge in [0.25, 0.3) is 0 Å². The monoisotopic (exact) mass is 230 g/mol.